The third kappa shape index (κ3) is 4.88. The average Bonchev–Trinajstić information content (AvgIpc) is 3.26. The molecule has 0 amide bonds. The lowest BCUT2D eigenvalue weighted by Gasteiger charge is -2.10. The molecule has 2 heterocycles. The van der Waals surface area contributed by atoms with E-state index in [0.29, 0.717) is 5.82 Å². The molecular formula is C19H25N5OS. The van der Waals surface area contributed by atoms with Crippen LogP contribution in [0.15, 0.2) is 23.6 Å². The number of unbranched alkanes of at least 4 members (excludes halogenated alkanes) is 3. The van der Waals surface area contributed by atoms with Crippen molar-refractivity contribution >= 4 is 11.3 Å². The van der Waals surface area contributed by atoms with Gasteiger partial charge in [-0.3, -0.25) is 0 Å². The molecule has 0 saturated carbocycles. The number of rotatable bonds is 9. The zero-order valence-corrected chi connectivity index (χ0v) is 16.4. The minimum absolute atomic E-state index is 0.665. The summed E-state index contributed by atoms with van der Waals surface area (Å²) in [5, 5.41) is 15.6. The van der Waals surface area contributed by atoms with Crippen molar-refractivity contribution in [2.24, 2.45) is 0 Å². The van der Waals surface area contributed by atoms with Gasteiger partial charge in [-0.1, -0.05) is 12.8 Å². The molecule has 6 nitrogen and oxygen atoms in total. The molecule has 2 aromatic heterocycles. The molecule has 0 aliphatic heterocycles. The van der Waals surface area contributed by atoms with Crippen LogP contribution < -0.4 is 4.74 Å². The maximum absolute atomic E-state index is 5.51. The molecule has 0 radical (unpaired) electrons. The Bertz CT molecular complexity index is 842. The largest absolute Gasteiger partial charge is 0.496 e. The van der Waals surface area contributed by atoms with Gasteiger partial charge in [0.1, 0.15) is 5.75 Å². The number of aryl methyl sites for hydroxylation is 4. The fourth-order valence-electron chi connectivity index (χ4n) is 2.98. The van der Waals surface area contributed by atoms with E-state index in [1.165, 1.54) is 30.5 Å². The lowest BCUT2D eigenvalue weighted by molar-refractivity contribution is 0.408. The normalized spacial score (nSPS) is 11.0. The van der Waals surface area contributed by atoms with Crippen LogP contribution >= 0.6 is 11.3 Å². The number of aromatic nitrogens is 5. The van der Waals surface area contributed by atoms with Crippen molar-refractivity contribution < 1.29 is 4.74 Å². The molecule has 7 heteroatoms. The third-order valence-corrected chi connectivity index (χ3v) is 5.13. The zero-order valence-electron chi connectivity index (χ0n) is 15.6. The van der Waals surface area contributed by atoms with E-state index in [4.69, 9.17) is 4.74 Å². The van der Waals surface area contributed by atoms with Crippen molar-refractivity contribution in [3.8, 4) is 11.4 Å². The molecule has 0 unspecified atom stereocenters. The number of hydrogen-bond acceptors (Lipinski definition) is 6. The number of ether oxygens (including phenoxy) is 1. The Hall–Kier alpha value is -2.28. The van der Waals surface area contributed by atoms with E-state index in [1.807, 2.05) is 19.1 Å². The molecule has 0 saturated heterocycles. The van der Waals surface area contributed by atoms with Gasteiger partial charge < -0.3 is 4.74 Å². The standard InChI is InChI=1S/C19H25N5OS/c1-14-21-23-24(22-14)18-10-11-19(25-3)16(12-18)8-6-4-5-7-9-17-13-26-15(2)20-17/h10-13H,4-9H2,1-3H3. The molecule has 0 spiro atoms. The van der Waals surface area contributed by atoms with Crippen LogP contribution in [0, 0.1) is 13.8 Å². The Kier molecular flexibility index (Phi) is 6.33. The van der Waals surface area contributed by atoms with Gasteiger partial charge >= 0.3 is 0 Å². The van der Waals surface area contributed by atoms with Gasteiger partial charge in [0, 0.05) is 5.38 Å². The number of benzene rings is 1. The molecule has 0 aliphatic rings. The van der Waals surface area contributed by atoms with E-state index in [1.54, 1.807) is 23.2 Å². The lowest BCUT2D eigenvalue weighted by atomic mass is 10.0. The van der Waals surface area contributed by atoms with Crippen molar-refractivity contribution in [2.75, 3.05) is 7.11 Å². The Labute approximate surface area is 158 Å². The summed E-state index contributed by atoms with van der Waals surface area (Å²) in [6.45, 7) is 3.90. The number of methoxy groups -OCH3 is 1. The third-order valence-electron chi connectivity index (χ3n) is 4.30. The fourth-order valence-corrected chi connectivity index (χ4v) is 3.62. The highest BCUT2D eigenvalue weighted by molar-refractivity contribution is 7.09. The van der Waals surface area contributed by atoms with Crippen LogP contribution in [0.1, 0.15) is 47.8 Å². The summed E-state index contributed by atoms with van der Waals surface area (Å²) >= 11 is 1.73. The molecule has 0 atom stereocenters. The molecule has 1 aromatic carbocycles. The molecule has 0 aliphatic carbocycles. The molecular weight excluding hydrogens is 346 g/mol. The number of tetrazole rings is 1. The molecule has 3 rings (SSSR count). The van der Waals surface area contributed by atoms with Crippen LogP contribution in [0.25, 0.3) is 5.69 Å². The van der Waals surface area contributed by atoms with Gasteiger partial charge in [0.05, 0.1) is 23.5 Å². The summed E-state index contributed by atoms with van der Waals surface area (Å²) in [4.78, 5) is 6.09. The summed E-state index contributed by atoms with van der Waals surface area (Å²) in [6, 6.07) is 6.03. The smallest absolute Gasteiger partial charge is 0.172 e. The SMILES string of the molecule is COc1ccc(-n2nnc(C)n2)cc1CCCCCCc1csc(C)n1. The van der Waals surface area contributed by atoms with Crippen LogP contribution in [0.5, 0.6) is 5.75 Å². The van der Waals surface area contributed by atoms with Crippen LogP contribution in [0.2, 0.25) is 0 Å². The van der Waals surface area contributed by atoms with Gasteiger partial charge in [-0.15, -0.1) is 26.3 Å². The zero-order chi connectivity index (χ0) is 18.4. The van der Waals surface area contributed by atoms with E-state index in [2.05, 4.69) is 38.8 Å². The molecule has 0 N–H and O–H groups in total. The second-order valence-electron chi connectivity index (χ2n) is 6.39. The Morgan fingerprint density at radius 3 is 2.54 bits per heavy atom. The summed E-state index contributed by atoms with van der Waals surface area (Å²) < 4.78 is 5.51. The predicted molar refractivity (Wildman–Crippen MR) is 103 cm³/mol. The number of nitrogens with zero attached hydrogens (tertiary/aromatic N) is 5. The number of hydrogen-bond donors (Lipinski definition) is 0. The Morgan fingerprint density at radius 2 is 1.88 bits per heavy atom. The highest BCUT2D eigenvalue weighted by Crippen LogP contribution is 2.23. The van der Waals surface area contributed by atoms with Gasteiger partial charge in [0.2, 0.25) is 0 Å². The summed E-state index contributed by atoms with van der Waals surface area (Å²) in [7, 11) is 1.71. The second kappa shape index (κ2) is 8.89. The summed E-state index contributed by atoms with van der Waals surface area (Å²) in [5.41, 5.74) is 3.34. The van der Waals surface area contributed by atoms with Crippen LogP contribution in [0.4, 0.5) is 0 Å². The van der Waals surface area contributed by atoms with Gasteiger partial charge in [-0.2, -0.15) is 0 Å². The molecule has 26 heavy (non-hydrogen) atoms. The topological polar surface area (TPSA) is 65.7 Å². The first-order valence-electron chi connectivity index (χ1n) is 9.00. The fraction of sp³-hybridized carbons (Fsp3) is 0.474. The molecule has 138 valence electrons. The van der Waals surface area contributed by atoms with Crippen LogP contribution in [0.3, 0.4) is 0 Å². The van der Waals surface area contributed by atoms with Crippen molar-refractivity contribution in [2.45, 2.75) is 52.4 Å². The van der Waals surface area contributed by atoms with E-state index >= 15 is 0 Å². The van der Waals surface area contributed by atoms with Crippen LogP contribution in [-0.4, -0.2) is 32.3 Å². The van der Waals surface area contributed by atoms with Crippen molar-refractivity contribution in [3.05, 3.63) is 45.7 Å². The van der Waals surface area contributed by atoms with E-state index in [-0.39, 0.29) is 0 Å². The first-order valence-corrected chi connectivity index (χ1v) is 9.88. The van der Waals surface area contributed by atoms with Crippen molar-refractivity contribution in [1.82, 2.24) is 25.2 Å². The Balaban J connectivity index is 1.50. The molecule has 0 fully saturated rings. The van der Waals surface area contributed by atoms with Crippen LogP contribution in [-0.2, 0) is 12.8 Å². The highest BCUT2D eigenvalue weighted by atomic mass is 32.1. The van der Waals surface area contributed by atoms with E-state index in [9.17, 15) is 0 Å². The predicted octanol–water partition coefficient (Wildman–Crippen LogP) is 4.09. The van der Waals surface area contributed by atoms with Gasteiger partial charge in [0.25, 0.3) is 0 Å². The number of thiazole rings is 1. The summed E-state index contributed by atoms with van der Waals surface area (Å²) in [5.74, 6) is 1.58. The lowest BCUT2D eigenvalue weighted by Crippen LogP contribution is -2.02. The van der Waals surface area contributed by atoms with E-state index < -0.39 is 0 Å². The minimum Gasteiger partial charge on any atom is -0.496 e. The first-order chi connectivity index (χ1) is 12.7. The maximum Gasteiger partial charge on any atom is 0.172 e. The quantitative estimate of drug-likeness (QED) is 0.530. The van der Waals surface area contributed by atoms with Crippen molar-refractivity contribution in [3.63, 3.8) is 0 Å². The van der Waals surface area contributed by atoms with Gasteiger partial charge in [-0.05, 0) is 68.5 Å². The minimum atomic E-state index is 0.665. The highest BCUT2D eigenvalue weighted by Gasteiger charge is 2.08. The maximum atomic E-state index is 5.51. The molecule has 0 bridgehead atoms. The monoisotopic (exact) mass is 371 g/mol. The first kappa shape index (κ1) is 18.5. The van der Waals surface area contributed by atoms with Gasteiger partial charge in [-0.25, -0.2) is 4.98 Å². The second-order valence-corrected chi connectivity index (χ2v) is 7.46. The van der Waals surface area contributed by atoms with Crippen molar-refractivity contribution in [1.29, 1.82) is 0 Å². The van der Waals surface area contributed by atoms with E-state index in [0.717, 1.165) is 35.7 Å². The Morgan fingerprint density at radius 1 is 1.08 bits per heavy atom. The average molecular weight is 372 g/mol. The molecule has 3 aromatic rings. The van der Waals surface area contributed by atoms with Gasteiger partial charge in [0.15, 0.2) is 5.82 Å². The summed E-state index contributed by atoms with van der Waals surface area (Å²) in [6.07, 6.45) is 6.84.